The Labute approximate surface area is 96.7 Å². The highest BCUT2D eigenvalue weighted by Crippen LogP contribution is 2.26. The SMILES string of the molecule is CCOCCCNC(=O)C1(C)COCC1N. The molecule has 94 valence electrons. The van der Waals surface area contributed by atoms with Gasteiger partial charge < -0.3 is 20.5 Å². The van der Waals surface area contributed by atoms with Gasteiger partial charge in [-0.05, 0) is 20.3 Å². The van der Waals surface area contributed by atoms with Crippen LogP contribution in [0.1, 0.15) is 20.3 Å². The maximum Gasteiger partial charge on any atom is 0.229 e. The van der Waals surface area contributed by atoms with Crippen molar-refractivity contribution < 1.29 is 14.3 Å². The van der Waals surface area contributed by atoms with Crippen molar-refractivity contribution in [2.75, 3.05) is 33.0 Å². The molecule has 0 spiro atoms. The zero-order chi connectivity index (χ0) is 12.0. The fraction of sp³-hybridized carbons (Fsp3) is 0.909. The number of nitrogens with two attached hydrogens (primary N) is 1. The molecule has 5 heteroatoms. The van der Waals surface area contributed by atoms with Gasteiger partial charge in [-0.15, -0.1) is 0 Å². The van der Waals surface area contributed by atoms with Gasteiger partial charge in [0.25, 0.3) is 0 Å². The van der Waals surface area contributed by atoms with Gasteiger partial charge in [-0.3, -0.25) is 4.79 Å². The highest BCUT2D eigenvalue weighted by atomic mass is 16.5. The van der Waals surface area contributed by atoms with Crippen molar-refractivity contribution in [2.45, 2.75) is 26.3 Å². The highest BCUT2D eigenvalue weighted by molar-refractivity contribution is 5.83. The molecule has 0 aromatic carbocycles. The number of hydrogen-bond acceptors (Lipinski definition) is 4. The molecule has 0 saturated carbocycles. The lowest BCUT2D eigenvalue weighted by molar-refractivity contribution is -0.130. The van der Waals surface area contributed by atoms with Crippen LogP contribution in [-0.2, 0) is 14.3 Å². The Morgan fingerprint density at radius 2 is 2.44 bits per heavy atom. The van der Waals surface area contributed by atoms with Gasteiger partial charge in [-0.2, -0.15) is 0 Å². The van der Waals surface area contributed by atoms with E-state index in [2.05, 4.69) is 5.32 Å². The van der Waals surface area contributed by atoms with Crippen LogP contribution in [-0.4, -0.2) is 44.9 Å². The second-order valence-corrected chi connectivity index (χ2v) is 4.35. The van der Waals surface area contributed by atoms with E-state index >= 15 is 0 Å². The molecule has 16 heavy (non-hydrogen) atoms. The smallest absolute Gasteiger partial charge is 0.229 e. The van der Waals surface area contributed by atoms with Crippen LogP contribution in [0.5, 0.6) is 0 Å². The molecule has 2 atom stereocenters. The Morgan fingerprint density at radius 3 is 3.00 bits per heavy atom. The molecule has 0 aromatic heterocycles. The molecule has 5 nitrogen and oxygen atoms in total. The Hall–Kier alpha value is -0.650. The van der Waals surface area contributed by atoms with Crippen LogP contribution in [0.3, 0.4) is 0 Å². The molecule has 1 heterocycles. The van der Waals surface area contributed by atoms with E-state index in [1.807, 2.05) is 13.8 Å². The Balaban J connectivity index is 2.24. The molecular formula is C11H22N2O3. The van der Waals surface area contributed by atoms with Crippen molar-refractivity contribution in [2.24, 2.45) is 11.1 Å². The van der Waals surface area contributed by atoms with E-state index in [9.17, 15) is 4.79 Å². The number of carbonyl (C=O) groups is 1. The van der Waals surface area contributed by atoms with E-state index in [1.165, 1.54) is 0 Å². The maximum absolute atomic E-state index is 11.9. The average Bonchev–Trinajstić information content (AvgIpc) is 2.60. The minimum absolute atomic E-state index is 0.0194. The summed E-state index contributed by atoms with van der Waals surface area (Å²) in [7, 11) is 0. The van der Waals surface area contributed by atoms with Crippen molar-refractivity contribution in [1.29, 1.82) is 0 Å². The van der Waals surface area contributed by atoms with E-state index in [-0.39, 0.29) is 11.9 Å². The van der Waals surface area contributed by atoms with Gasteiger partial charge in [0.1, 0.15) is 0 Å². The number of rotatable bonds is 6. The Morgan fingerprint density at radius 1 is 1.69 bits per heavy atom. The van der Waals surface area contributed by atoms with E-state index in [4.69, 9.17) is 15.2 Å². The predicted molar refractivity (Wildman–Crippen MR) is 61.0 cm³/mol. The molecule has 1 aliphatic rings. The normalized spacial score (nSPS) is 29.3. The number of nitrogens with one attached hydrogen (secondary N) is 1. The average molecular weight is 230 g/mol. The first-order valence-corrected chi connectivity index (χ1v) is 5.80. The summed E-state index contributed by atoms with van der Waals surface area (Å²) < 4.78 is 10.4. The first-order chi connectivity index (χ1) is 7.61. The first kappa shape index (κ1) is 13.4. The molecule has 1 fully saturated rings. The van der Waals surface area contributed by atoms with Gasteiger partial charge in [0, 0.05) is 25.8 Å². The molecule has 3 N–H and O–H groups in total. The summed E-state index contributed by atoms with van der Waals surface area (Å²) >= 11 is 0. The third-order valence-electron chi connectivity index (χ3n) is 2.99. The van der Waals surface area contributed by atoms with Crippen LogP contribution in [0.2, 0.25) is 0 Å². The largest absolute Gasteiger partial charge is 0.382 e. The summed E-state index contributed by atoms with van der Waals surface area (Å²) in [5, 5.41) is 2.88. The van der Waals surface area contributed by atoms with Gasteiger partial charge in [0.2, 0.25) is 5.91 Å². The summed E-state index contributed by atoms with van der Waals surface area (Å²) in [6.07, 6.45) is 0.825. The first-order valence-electron chi connectivity index (χ1n) is 5.80. The lowest BCUT2D eigenvalue weighted by atomic mass is 9.85. The van der Waals surface area contributed by atoms with Crippen molar-refractivity contribution in [3.63, 3.8) is 0 Å². The number of ether oxygens (including phenoxy) is 2. The fourth-order valence-corrected chi connectivity index (χ4v) is 1.65. The molecule has 0 aliphatic carbocycles. The lowest BCUT2D eigenvalue weighted by Gasteiger charge is -2.25. The van der Waals surface area contributed by atoms with Crippen molar-refractivity contribution in [3.05, 3.63) is 0 Å². The van der Waals surface area contributed by atoms with E-state index in [0.717, 1.165) is 6.42 Å². The van der Waals surface area contributed by atoms with Crippen LogP contribution in [0, 0.1) is 5.41 Å². The third-order valence-corrected chi connectivity index (χ3v) is 2.99. The predicted octanol–water partition coefficient (Wildman–Crippen LogP) is -0.107. The summed E-state index contributed by atoms with van der Waals surface area (Å²) in [5.41, 5.74) is 5.28. The number of hydrogen-bond donors (Lipinski definition) is 2. The summed E-state index contributed by atoms with van der Waals surface area (Å²) in [5.74, 6) is -0.0194. The molecule has 2 unspecified atom stereocenters. The highest BCUT2D eigenvalue weighted by Gasteiger charge is 2.44. The Kier molecular flexibility index (Phi) is 5.18. The van der Waals surface area contributed by atoms with Crippen molar-refractivity contribution in [1.82, 2.24) is 5.32 Å². The lowest BCUT2D eigenvalue weighted by Crippen LogP contribution is -2.50. The minimum atomic E-state index is -0.578. The quantitative estimate of drug-likeness (QED) is 0.625. The Bertz CT molecular complexity index is 235. The molecule has 1 aliphatic heterocycles. The monoisotopic (exact) mass is 230 g/mol. The van der Waals surface area contributed by atoms with Gasteiger partial charge in [0.05, 0.1) is 18.6 Å². The van der Waals surface area contributed by atoms with Crippen LogP contribution in [0.15, 0.2) is 0 Å². The molecule has 1 saturated heterocycles. The van der Waals surface area contributed by atoms with Crippen molar-refractivity contribution in [3.8, 4) is 0 Å². The van der Waals surface area contributed by atoms with Crippen LogP contribution >= 0.6 is 0 Å². The van der Waals surface area contributed by atoms with Crippen LogP contribution < -0.4 is 11.1 Å². The van der Waals surface area contributed by atoms with Gasteiger partial charge in [0.15, 0.2) is 0 Å². The second-order valence-electron chi connectivity index (χ2n) is 4.35. The van der Waals surface area contributed by atoms with Gasteiger partial charge in [-0.1, -0.05) is 0 Å². The standard InChI is InChI=1S/C11H22N2O3/c1-3-15-6-4-5-13-10(14)11(2)8-16-7-9(11)12/h9H,3-8,12H2,1-2H3,(H,13,14). The van der Waals surface area contributed by atoms with Crippen LogP contribution in [0.4, 0.5) is 0 Å². The second kappa shape index (κ2) is 6.18. The topological polar surface area (TPSA) is 73.6 Å². The van der Waals surface area contributed by atoms with Gasteiger partial charge >= 0.3 is 0 Å². The summed E-state index contributed by atoms with van der Waals surface area (Å²) in [6.45, 7) is 6.69. The number of amides is 1. The number of carbonyl (C=O) groups excluding carboxylic acids is 1. The zero-order valence-corrected chi connectivity index (χ0v) is 10.1. The molecule has 0 aromatic rings. The van der Waals surface area contributed by atoms with Gasteiger partial charge in [-0.25, -0.2) is 0 Å². The third kappa shape index (κ3) is 3.17. The molecule has 0 radical (unpaired) electrons. The minimum Gasteiger partial charge on any atom is -0.382 e. The maximum atomic E-state index is 11.9. The fourth-order valence-electron chi connectivity index (χ4n) is 1.65. The molecule has 0 bridgehead atoms. The van der Waals surface area contributed by atoms with E-state index in [0.29, 0.717) is 33.0 Å². The summed E-state index contributed by atoms with van der Waals surface area (Å²) in [4.78, 5) is 11.9. The van der Waals surface area contributed by atoms with E-state index in [1.54, 1.807) is 0 Å². The molecule has 1 amide bonds. The van der Waals surface area contributed by atoms with Crippen LogP contribution in [0.25, 0.3) is 0 Å². The summed E-state index contributed by atoms with van der Waals surface area (Å²) in [6, 6.07) is -0.209. The molecular weight excluding hydrogens is 208 g/mol. The van der Waals surface area contributed by atoms with Crippen molar-refractivity contribution >= 4 is 5.91 Å². The van der Waals surface area contributed by atoms with E-state index < -0.39 is 5.41 Å². The molecule has 1 rings (SSSR count). The zero-order valence-electron chi connectivity index (χ0n) is 10.1.